The zero-order valence-electron chi connectivity index (χ0n) is 10.2. The minimum absolute atomic E-state index is 0.106. The van der Waals surface area contributed by atoms with E-state index in [9.17, 15) is 19.2 Å². The minimum Gasteiger partial charge on any atom is -0.480 e. The number of carboxylic acid groups (broad SMARTS) is 2. The number of carboxylic acids is 2. The highest BCUT2D eigenvalue weighted by atomic mass is 32.1. The van der Waals surface area contributed by atoms with Crippen LogP contribution in [0.5, 0.6) is 0 Å². The number of hydrogen-bond acceptors (Lipinski definition) is 7. The summed E-state index contributed by atoms with van der Waals surface area (Å²) in [5.41, 5.74) is 5.10. The van der Waals surface area contributed by atoms with Gasteiger partial charge in [-0.05, 0) is 0 Å². The number of amides is 2. The largest absolute Gasteiger partial charge is 0.480 e. The molecule has 0 saturated carbocycles. The Bertz CT molecular complexity index is 390. The summed E-state index contributed by atoms with van der Waals surface area (Å²) in [4.78, 5) is 43.4. The van der Waals surface area contributed by atoms with E-state index in [1.165, 1.54) is 0 Å². The molecule has 0 heterocycles. The first kappa shape index (κ1) is 18.0. The van der Waals surface area contributed by atoms with Gasteiger partial charge in [-0.25, -0.2) is 4.79 Å². The Hall–Kier alpha value is -2.01. The van der Waals surface area contributed by atoms with Gasteiger partial charge in [0, 0.05) is 5.75 Å². The van der Waals surface area contributed by atoms with E-state index in [4.69, 9.17) is 15.9 Å². The van der Waals surface area contributed by atoms with Gasteiger partial charge in [0.1, 0.15) is 25.2 Å². The second kappa shape index (κ2) is 8.98. The molecule has 0 bridgehead atoms. The Morgan fingerprint density at radius 1 is 1.25 bits per heavy atom. The van der Waals surface area contributed by atoms with E-state index in [1.807, 2.05) is 5.32 Å². The third-order valence-corrected chi connectivity index (χ3v) is 2.28. The van der Waals surface area contributed by atoms with Gasteiger partial charge in [0.15, 0.2) is 0 Å². The SMILES string of the molecule is NC(COC(=O)NC(CS)C(=O)NCC(=O)O)C(=O)O. The molecule has 0 saturated heterocycles. The smallest absolute Gasteiger partial charge is 0.407 e. The molecule has 0 aliphatic heterocycles. The van der Waals surface area contributed by atoms with Crippen molar-refractivity contribution in [2.24, 2.45) is 5.73 Å². The molecule has 0 spiro atoms. The van der Waals surface area contributed by atoms with Gasteiger partial charge in [0.25, 0.3) is 0 Å². The number of ether oxygens (including phenoxy) is 1. The Balaban J connectivity index is 4.21. The molecular weight excluding hydrogens is 294 g/mol. The number of nitrogens with two attached hydrogens (primary N) is 1. The molecule has 0 aromatic rings. The Morgan fingerprint density at radius 2 is 1.85 bits per heavy atom. The van der Waals surface area contributed by atoms with Crippen molar-refractivity contribution in [2.75, 3.05) is 18.9 Å². The highest BCUT2D eigenvalue weighted by Gasteiger charge is 2.21. The second-order valence-corrected chi connectivity index (χ2v) is 3.90. The molecule has 10 nitrogen and oxygen atoms in total. The summed E-state index contributed by atoms with van der Waals surface area (Å²) in [6, 6.07) is -2.50. The predicted molar refractivity (Wildman–Crippen MR) is 68.4 cm³/mol. The van der Waals surface area contributed by atoms with Crippen molar-refractivity contribution >= 4 is 36.6 Å². The lowest BCUT2D eigenvalue weighted by atomic mass is 10.3. The summed E-state index contributed by atoms with van der Waals surface area (Å²) in [6.07, 6.45) is -1.06. The molecule has 2 unspecified atom stereocenters. The number of aliphatic carboxylic acids is 2. The molecule has 0 aliphatic carbocycles. The molecule has 11 heteroatoms. The van der Waals surface area contributed by atoms with Crippen molar-refractivity contribution in [1.29, 1.82) is 0 Å². The number of hydrogen-bond donors (Lipinski definition) is 6. The van der Waals surface area contributed by atoms with Crippen LogP contribution in [0.2, 0.25) is 0 Å². The van der Waals surface area contributed by atoms with Gasteiger partial charge >= 0.3 is 18.0 Å². The van der Waals surface area contributed by atoms with Crippen LogP contribution in [0, 0.1) is 0 Å². The first-order valence-corrected chi connectivity index (χ1v) is 5.93. The third-order valence-electron chi connectivity index (χ3n) is 1.92. The lowest BCUT2D eigenvalue weighted by molar-refractivity contribution is -0.139. The zero-order valence-corrected chi connectivity index (χ0v) is 11.1. The summed E-state index contributed by atoms with van der Waals surface area (Å²) < 4.78 is 4.49. The van der Waals surface area contributed by atoms with Gasteiger partial charge in [0.05, 0.1) is 0 Å². The summed E-state index contributed by atoms with van der Waals surface area (Å²) in [6.45, 7) is -1.18. The summed E-state index contributed by atoms with van der Waals surface area (Å²) >= 11 is 3.82. The molecule has 2 atom stereocenters. The number of carbonyl (C=O) groups excluding carboxylic acids is 2. The maximum absolute atomic E-state index is 11.4. The molecule has 0 fully saturated rings. The van der Waals surface area contributed by atoms with E-state index in [-0.39, 0.29) is 5.75 Å². The molecule has 20 heavy (non-hydrogen) atoms. The Morgan fingerprint density at radius 3 is 2.30 bits per heavy atom. The summed E-state index contributed by atoms with van der Waals surface area (Å²) in [5, 5.41) is 21.0. The van der Waals surface area contributed by atoms with E-state index in [0.29, 0.717) is 0 Å². The van der Waals surface area contributed by atoms with Crippen LogP contribution in [0.4, 0.5) is 4.79 Å². The summed E-state index contributed by atoms with van der Waals surface area (Å²) in [5.74, 6) is -3.46. The van der Waals surface area contributed by atoms with Crippen molar-refractivity contribution in [3.8, 4) is 0 Å². The van der Waals surface area contributed by atoms with Crippen LogP contribution >= 0.6 is 12.6 Å². The van der Waals surface area contributed by atoms with E-state index in [1.54, 1.807) is 0 Å². The van der Waals surface area contributed by atoms with Gasteiger partial charge < -0.3 is 31.3 Å². The minimum atomic E-state index is -1.38. The van der Waals surface area contributed by atoms with Crippen LogP contribution in [-0.2, 0) is 19.1 Å². The fourth-order valence-corrected chi connectivity index (χ4v) is 1.16. The van der Waals surface area contributed by atoms with Gasteiger partial charge in [0.2, 0.25) is 5.91 Å². The highest BCUT2D eigenvalue weighted by molar-refractivity contribution is 7.80. The van der Waals surface area contributed by atoms with Crippen LogP contribution in [0.25, 0.3) is 0 Å². The van der Waals surface area contributed by atoms with Gasteiger partial charge in [-0.2, -0.15) is 12.6 Å². The van der Waals surface area contributed by atoms with Crippen LogP contribution in [-0.4, -0.2) is 65.1 Å². The quantitative estimate of drug-likeness (QED) is 0.270. The molecule has 0 radical (unpaired) electrons. The molecule has 0 aliphatic rings. The third kappa shape index (κ3) is 7.43. The molecule has 6 N–H and O–H groups in total. The van der Waals surface area contributed by atoms with Crippen LogP contribution < -0.4 is 16.4 Å². The van der Waals surface area contributed by atoms with Gasteiger partial charge in [-0.1, -0.05) is 0 Å². The molecule has 2 amide bonds. The van der Waals surface area contributed by atoms with Crippen molar-refractivity contribution in [3.63, 3.8) is 0 Å². The number of carbonyl (C=O) groups is 4. The van der Waals surface area contributed by atoms with Crippen molar-refractivity contribution in [3.05, 3.63) is 0 Å². The standard InChI is InChI=1S/C9H15N3O7S/c10-4(8(16)17)2-19-9(18)12-5(3-20)7(15)11-1-6(13)14/h4-5,20H,1-3,10H2,(H,11,15)(H,12,18)(H,13,14)(H,16,17). The molecular formula is C9H15N3O7S. The zero-order chi connectivity index (χ0) is 15.7. The Kier molecular flexibility index (Phi) is 8.08. The van der Waals surface area contributed by atoms with Crippen LogP contribution in [0.15, 0.2) is 0 Å². The van der Waals surface area contributed by atoms with Crippen LogP contribution in [0.3, 0.4) is 0 Å². The Labute approximate surface area is 119 Å². The molecule has 114 valence electrons. The fraction of sp³-hybridized carbons (Fsp3) is 0.556. The van der Waals surface area contributed by atoms with Gasteiger partial charge in [-0.15, -0.1) is 0 Å². The lowest BCUT2D eigenvalue weighted by Gasteiger charge is -2.16. The number of rotatable bonds is 8. The topological polar surface area (TPSA) is 168 Å². The maximum atomic E-state index is 11.4. The molecule has 0 aromatic heterocycles. The summed E-state index contributed by atoms with van der Waals surface area (Å²) in [7, 11) is 0. The first-order valence-electron chi connectivity index (χ1n) is 5.30. The maximum Gasteiger partial charge on any atom is 0.407 e. The van der Waals surface area contributed by atoms with Crippen molar-refractivity contribution in [1.82, 2.24) is 10.6 Å². The van der Waals surface area contributed by atoms with Gasteiger partial charge in [-0.3, -0.25) is 14.4 Å². The normalized spacial score (nSPS) is 12.9. The monoisotopic (exact) mass is 309 g/mol. The average molecular weight is 309 g/mol. The van der Waals surface area contributed by atoms with E-state index in [0.717, 1.165) is 0 Å². The van der Waals surface area contributed by atoms with E-state index < -0.39 is 49.2 Å². The molecule has 0 aromatic carbocycles. The fourth-order valence-electron chi connectivity index (χ4n) is 0.901. The number of nitrogens with one attached hydrogen (secondary N) is 2. The second-order valence-electron chi connectivity index (χ2n) is 3.53. The number of alkyl carbamates (subject to hydrolysis) is 1. The average Bonchev–Trinajstić information content (AvgIpc) is 2.38. The predicted octanol–water partition coefficient (Wildman–Crippen LogP) is -2.38. The van der Waals surface area contributed by atoms with Crippen molar-refractivity contribution < 1.29 is 34.1 Å². The molecule has 0 rings (SSSR count). The van der Waals surface area contributed by atoms with Crippen LogP contribution in [0.1, 0.15) is 0 Å². The lowest BCUT2D eigenvalue weighted by Crippen LogP contribution is -2.49. The highest BCUT2D eigenvalue weighted by Crippen LogP contribution is 1.92. The first-order chi connectivity index (χ1) is 9.27. The number of thiol groups is 1. The van der Waals surface area contributed by atoms with Crippen molar-refractivity contribution in [2.45, 2.75) is 12.1 Å². The van der Waals surface area contributed by atoms with E-state index in [2.05, 4.69) is 22.7 Å². The van der Waals surface area contributed by atoms with E-state index >= 15 is 0 Å².